The van der Waals surface area contributed by atoms with Crippen molar-refractivity contribution < 1.29 is 28.3 Å². The fourth-order valence-corrected chi connectivity index (χ4v) is 3.92. The highest BCUT2D eigenvalue weighted by Gasteiger charge is 2.30. The number of nitrogens with one attached hydrogen (secondary N) is 2. The highest BCUT2D eigenvalue weighted by molar-refractivity contribution is 5.96. The Bertz CT molecular complexity index is 1070. The molecule has 2 N–H and O–H groups in total. The maximum atomic E-state index is 13.1. The number of carbonyl (C=O) groups excluding carboxylic acids is 4. The molecule has 8 nitrogen and oxygen atoms in total. The standard InChI is InChI=1S/C26H30FN3O5/c1-16-5-4-6-17(2)23(16)29-22(31)15-28-24(32)18(3)35-26(34)20-11-13-30(14-12-20)25(33)19-7-9-21(27)10-8-19/h4-10,18,20H,11-15H2,1-3H3,(H,28,32)(H,29,31). The second-order valence-corrected chi connectivity index (χ2v) is 8.69. The number of amides is 3. The first-order valence-corrected chi connectivity index (χ1v) is 11.5. The van der Waals surface area contributed by atoms with Gasteiger partial charge in [0.2, 0.25) is 5.91 Å². The van der Waals surface area contributed by atoms with Gasteiger partial charge in [0.1, 0.15) is 5.82 Å². The first-order chi connectivity index (χ1) is 16.7. The first-order valence-electron chi connectivity index (χ1n) is 11.5. The fraction of sp³-hybridized carbons (Fsp3) is 0.385. The van der Waals surface area contributed by atoms with E-state index in [1.54, 1.807) is 4.90 Å². The number of para-hydroxylation sites is 1. The molecule has 0 bridgehead atoms. The smallest absolute Gasteiger partial charge is 0.309 e. The van der Waals surface area contributed by atoms with Gasteiger partial charge in [-0.05, 0) is 69.0 Å². The number of nitrogens with zero attached hydrogens (tertiary/aromatic N) is 1. The lowest BCUT2D eigenvalue weighted by Gasteiger charge is -2.31. The lowest BCUT2D eigenvalue weighted by Crippen LogP contribution is -2.43. The van der Waals surface area contributed by atoms with Crippen LogP contribution < -0.4 is 10.6 Å². The fourth-order valence-electron chi connectivity index (χ4n) is 3.92. The summed E-state index contributed by atoms with van der Waals surface area (Å²) in [5.41, 5.74) is 2.92. The highest BCUT2D eigenvalue weighted by atomic mass is 19.1. The Hall–Kier alpha value is -3.75. The summed E-state index contributed by atoms with van der Waals surface area (Å²) < 4.78 is 18.4. The van der Waals surface area contributed by atoms with Crippen LogP contribution in [-0.4, -0.2) is 54.3 Å². The van der Waals surface area contributed by atoms with Crippen molar-refractivity contribution in [2.75, 3.05) is 25.0 Å². The summed E-state index contributed by atoms with van der Waals surface area (Å²) in [6.07, 6.45) is -0.259. The van der Waals surface area contributed by atoms with Crippen LogP contribution in [0, 0.1) is 25.6 Å². The minimum Gasteiger partial charge on any atom is -0.452 e. The molecule has 186 valence electrons. The Morgan fingerprint density at radius 1 is 1.03 bits per heavy atom. The number of hydrogen-bond acceptors (Lipinski definition) is 5. The number of benzene rings is 2. The van der Waals surface area contributed by atoms with Crippen molar-refractivity contribution in [2.45, 2.75) is 39.7 Å². The van der Waals surface area contributed by atoms with Gasteiger partial charge in [-0.1, -0.05) is 18.2 Å². The number of esters is 1. The SMILES string of the molecule is Cc1cccc(C)c1NC(=O)CNC(=O)C(C)OC(=O)C1CCN(C(=O)c2ccc(F)cc2)CC1. The van der Waals surface area contributed by atoms with E-state index < -0.39 is 29.7 Å². The molecule has 0 aromatic heterocycles. The Morgan fingerprint density at radius 2 is 1.63 bits per heavy atom. The Kier molecular flexibility index (Phi) is 8.57. The summed E-state index contributed by atoms with van der Waals surface area (Å²) in [4.78, 5) is 51.2. The lowest BCUT2D eigenvalue weighted by atomic mass is 9.96. The van der Waals surface area contributed by atoms with Crippen LogP contribution in [0.2, 0.25) is 0 Å². The highest BCUT2D eigenvalue weighted by Crippen LogP contribution is 2.21. The average Bonchev–Trinajstić information content (AvgIpc) is 2.85. The van der Waals surface area contributed by atoms with Crippen molar-refractivity contribution in [3.63, 3.8) is 0 Å². The predicted octanol–water partition coefficient (Wildman–Crippen LogP) is 2.98. The molecule has 0 spiro atoms. The quantitative estimate of drug-likeness (QED) is 0.589. The number of likely N-dealkylation sites (tertiary alicyclic amines) is 1. The zero-order valence-corrected chi connectivity index (χ0v) is 20.1. The third kappa shape index (κ3) is 6.88. The second kappa shape index (κ2) is 11.6. The molecule has 2 aromatic rings. The number of halogens is 1. The largest absolute Gasteiger partial charge is 0.452 e. The molecule has 3 rings (SSSR count). The number of piperidine rings is 1. The summed E-state index contributed by atoms with van der Waals surface area (Å²) in [6, 6.07) is 11.0. The van der Waals surface area contributed by atoms with E-state index in [0.717, 1.165) is 11.1 Å². The van der Waals surface area contributed by atoms with Gasteiger partial charge in [0.05, 0.1) is 12.5 Å². The van der Waals surface area contributed by atoms with Crippen LogP contribution >= 0.6 is 0 Å². The zero-order valence-electron chi connectivity index (χ0n) is 20.1. The Morgan fingerprint density at radius 3 is 2.23 bits per heavy atom. The van der Waals surface area contributed by atoms with Crippen LogP contribution in [0.15, 0.2) is 42.5 Å². The van der Waals surface area contributed by atoms with Crippen molar-refractivity contribution >= 4 is 29.4 Å². The maximum absolute atomic E-state index is 13.1. The van der Waals surface area contributed by atoms with Gasteiger partial charge in [0.25, 0.3) is 11.8 Å². The molecule has 1 fully saturated rings. The normalized spacial score (nSPS) is 14.7. The predicted molar refractivity (Wildman–Crippen MR) is 128 cm³/mol. The number of aryl methyl sites for hydroxylation is 2. The molecule has 1 atom stereocenters. The number of anilines is 1. The molecule has 0 saturated carbocycles. The summed E-state index contributed by atoms with van der Waals surface area (Å²) in [7, 11) is 0. The molecule has 1 unspecified atom stereocenters. The van der Waals surface area contributed by atoms with E-state index in [-0.39, 0.29) is 18.4 Å². The minimum atomic E-state index is -1.06. The summed E-state index contributed by atoms with van der Waals surface area (Å²) in [6.45, 7) is 5.67. The Balaban J connectivity index is 1.42. The van der Waals surface area contributed by atoms with E-state index in [4.69, 9.17) is 4.74 Å². The van der Waals surface area contributed by atoms with E-state index in [1.165, 1.54) is 31.2 Å². The molecule has 1 aliphatic rings. The van der Waals surface area contributed by atoms with Crippen molar-refractivity contribution in [3.05, 3.63) is 65.0 Å². The third-order valence-corrected chi connectivity index (χ3v) is 6.04. The zero-order chi connectivity index (χ0) is 25.5. The molecular formula is C26H30FN3O5. The second-order valence-electron chi connectivity index (χ2n) is 8.69. The molecule has 0 aliphatic carbocycles. The van der Waals surface area contributed by atoms with Crippen molar-refractivity contribution in [3.8, 4) is 0 Å². The number of carbonyl (C=O) groups is 4. The van der Waals surface area contributed by atoms with Gasteiger partial charge in [-0.2, -0.15) is 0 Å². The van der Waals surface area contributed by atoms with Crippen molar-refractivity contribution in [1.82, 2.24) is 10.2 Å². The first kappa shape index (κ1) is 25.9. The van der Waals surface area contributed by atoms with Gasteiger partial charge in [-0.15, -0.1) is 0 Å². The molecular weight excluding hydrogens is 453 g/mol. The van der Waals surface area contributed by atoms with Gasteiger partial charge in [0, 0.05) is 24.3 Å². The van der Waals surface area contributed by atoms with Crippen LogP contribution in [0.1, 0.15) is 41.3 Å². The van der Waals surface area contributed by atoms with E-state index in [0.29, 0.717) is 37.2 Å². The molecule has 3 amide bonds. The topological polar surface area (TPSA) is 105 Å². The maximum Gasteiger partial charge on any atom is 0.309 e. The van der Waals surface area contributed by atoms with Crippen LogP contribution in [0.5, 0.6) is 0 Å². The number of ether oxygens (including phenoxy) is 1. The van der Waals surface area contributed by atoms with Crippen molar-refractivity contribution in [1.29, 1.82) is 0 Å². The summed E-state index contributed by atoms with van der Waals surface area (Å²) in [5.74, 6) is -2.53. The molecule has 1 saturated heterocycles. The third-order valence-electron chi connectivity index (χ3n) is 6.04. The minimum absolute atomic E-state index is 0.219. The van der Waals surface area contributed by atoms with Gasteiger partial charge in [-0.3, -0.25) is 19.2 Å². The van der Waals surface area contributed by atoms with Gasteiger partial charge >= 0.3 is 5.97 Å². The molecule has 35 heavy (non-hydrogen) atoms. The van der Waals surface area contributed by atoms with E-state index in [2.05, 4.69) is 10.6 Å². The van der Waals surface area contributed by atoms with E-state index in [1.807, 2.05) is 32.0 Å². The van der Waals surface area contributed by atoms with E-state index in [9.17, 15) is 23.6 Å². The van der Waals surface area contributed by atoms with Gasteiger partial charge in [-0.25, -0.2) is 4.39 Å². The average molecular weight is 484 g/mol. The van der Waals surface area contributed by atoms with Crippen LogP contribution in [0.25, 0.3) is 0 Å². The van der Waals surface area contributed by atoms with Crippen molar-refractivity contribution in [2.24, 2.45) is 5.92 Å². The number of hydrogen-bond donors (Lipinski definition) is 2. The van der Waals surface area contributed by atoms with Gasteiger partial charge in [0.15, 0.2) is 6.10 Å². The Labute approximate surface area is 203 Å². The molecule has 1 heterocycles. The molecule has 0 radical (unpaired) electrons. The molecule has 2 aromatic carbocycles. The summed E-state index contributed by atoms with van der Waals surface area (Å²) in [5, 5.41) is 5.27. The molecule has 9 heteroatoms. The monoisotopic (exact) mass is 483 g/mol. The van der Waals surface area contributed by atoms with Crippen LogP contribution in [-0.2, 0) is 19.1 Å². The van der Waals surface area contributed by atoms with Crippen LogP contribution in [0.3, 0.4) is 0 Å². The van der Waals surface area contributed by atoms with Crippen LogP contribution in [0.4, 0.5) is 10.1 Å². The lowest BCUT2D eigenvalue weighted by molar-refractivity contribution is -0.160. The summed E-state index contributed by atoms with van der Waals surface area (Å²) >= 11 is 0. The van der Waals surface area contributed by atoms with Gasteiger partial charge < -0.3 is 20.3 Å². The van der Waals surface area contributed by atoms with E-state index >= 15 is 0 Å². The molecule has 1 aliphatic heterocycles. The number of rotatable bonds is 7.